The minimum atomic E-state index is 0.407. The largest absolute Gasteiger partial charge is 0.384 e. The van der Waals surface area contributed by atoms with Crippen LogP contribution < -0.4 is 11.1 Å². The van der Waals surface area contributed by atoms with Crippen molar-refractivity contribution < 1.29 is 4.74 Å². The lowest BCUT2D eigenvalue weighted by atomic mass is 10.0. The van der Waals surface area contributed by atoms with Gasteiger partial charge < -0.3 is 15.8 Å². The lowest BCUT2D eigenvalue weighted by molar-refractivity contribution is 0.140. The predicted octanol–water partition coefficient (Wildman–Crippen LogP) is 1.38. The van der Waals surface area contributed by atoms with Gasteiger partial charge in [0.05, 0.1) is 6.61 Å². The lowest BCUT2D eigenvalue weighted by Crippen LogP contribution is -2.43. The minimum Gasteiger partial charge on any atom is -0.384 e. The van der Waals surface area contributed by atoms with Gasteiger partial charge in [-0.2, -0.15) is 0 Å². The second-order valence-electron chi connectivity index (χ2n) is 4.81. The number of ether oxygens (including phenoxy) is 1. The number of hydrogen-bond donors (Lipinski definition) is 2. The normalized spacial score (nSPS) is 20.2. The fourth-order valence-corrected chi connectivity index (χ4v) is 1.98. The Morgan fingerprint density at radius 1 is 1.47 bits per heavy atom. The summed E-state index contributed by atoms with van der Waals surface area (Å²) in [6.45, 7) is 4.78. The van der Waals surface area contributed by atoms with E-state index in [1.165, 1.54) is 25.7 Å². The molecule has 1 aliphatic rings. The fraction of sp³-hybridized carbons (Fsp3) is 1.00. The van der Waals surface area contributed by atoms with Crippen molar-refractivity contribution in [3.05, 3.63) is 0 Å². The molecule has 0 bridgehead atoms. The van der Waals surface area contributed by atoms with Gasteiger partial charge in [-0.1, -0.05) is 19.8 Å². The highest BCUT2D eigenvalue weighted by Crippen LogP contribution is 2.33. The highest BCUT2D eigenvalue weighted by atomic mass is 16.5. The van der Waals surface area contributed by atoms with Crippen LogP contribution in [0.3, 0.4) is 0 Å². The van der Waals surface area contributed by atoms with Gasteiger partial charge >= 0.3 is 0 Å². The van der Waals surface area contributed by atoms with E-state index in [9.17, 15) is 0 Å². The molecule has 0 amide bonds. The van der Waals surface area contributed by atoms with E-state index in [0.717, 1.165) is 19.1 Å². The van der Waals surface area contributed by atoms with E-state index in [1.54, 1.807) is 7.11 Å². The van der Waals surface area contributed by atoms with Crippen molar-refractivity contribution in [1.82, 2.24) is 5.32 Å². The average Bonchev–Trinajstić information content (AvgIpc) is 3.02. The molecule has 0 spiro atoms. The van der Waals surface area contributed by atoms with E-state index in [2.05, 4.69) is 12.2 Å². The maximum atomic E-state index is 5.74. The van der Waals surface area contributed by atoms with Gasteiger partial charge in [0.2, 0.25) is 0 Å². The van der Waals surface area contributed by atoms with Crippen LogP contribution in [0.5, 0.6) is 0 Å². The highest BCUT2D eigenvalue weighted by molar-refractivity contribution is 4.76. The summed E-state index contributed by atoms with van der Waals surface area (Å²) in [5.41, 5.74) is 5.74. The topological polar surface area (TPSA) is 47.3 Å². The molecule has 1 aliphatic carbocycles. The maximum absolute atomic E-state index is 5.74. The van der Waals surface area contributed by atoms with Crippen LogP contribution >= 0.6 is 0 Å². The Labute approximate surface area is 93.8 Å². The Morgan fingerprint density at radius 2 is 2.20 bits per heavy atom. The first-order valence-corrected chi connectivity index (χ1v) is 6.20. The van der Waals surface area contributed by atoms with E-state index >= 15 is 0 Å². The fourth-order valence-electron chi connectivity index (χ4n) is 1.98. The molecule has 1 rings (SSSR count). The first-order chi connectivity index (χ1) is 7.27. The van der Waals surface area contributed by atoms with Crippen LogP contribution in [0.15, 0.2) is 0 Å². The molecule has 90 valence electrons. The number of methoxy groups -OCH3 is 1. The first kappa shape index (κ1) is 12.9. The quantitative estimate of drug-likeness (QED) is 0.570. The smallest absolute Gasteiger partial charge is 0.0503 e. The van der Waals surface area contributed by atoms with Crippen LogP contribution in [0.1, 0.15) is 32.6 Å². The molecule has 0 aliphatic heterocycles. The molecule has 2 unspecified atom stereocenters. The molecular formula is C12H26N2O. The number of nitrogens with two attached hydrogens (primary N) is 1. The zero-order valence-electron chi connectivity index (χ0n) is 10.2. The molecule has 1 fully saturated rings. The molecule has 0 aromatic rings. The number of hydrogen-bond acceptors (Lipinski definition) is 3. The standard InChI is InChI=1S/C12H26N2O/c1-10(9-15-2)12(8-13)14-7-3-4-11-5-6-11/h10-12,14H,3-9,13H2,1-2H3. The van der Waals surface area contributed by atoms with Crippen molar-refractivity contribution in [3.8, 4) is 0 Å². The van der Waals surface area contributed by atoms with Gasteiger partial charge in [-0.15, -0.1) is 0 Å². The molecule has 15 heavy (non-hydrogen) atoms. The van der Waals surface area contributed by atoms with Crippen LogP contribution in [-0.2, 0) is 4.74 Å². The first-order valence-electron chi connectivity index (χ1n) is 6.20. The summed E-state index contributed by atoms with van der Waals surface area (Å²) in [7, 11) is 1.75. The third kappa shape index (κ3) is 5.50. The molecule has 3 nitrogen and oxygen atoms in total. The van der Waals surface area contributed by atoms with Crippen molar-refractivity contribution in [1.29, 1.82) is 0 Å². The Kier molecular flexibility index (Phi) is 6.22. The van der Waals surface area contributed by atoms with E-state index < -0.39 is 0 Å². The molecule has 0 saturated heterocycles. The van der Waals surface area contributed by atoms with Gasteiger partial charge in [-0.25, -0.2) is 0 Å². The molecule has 0 aromatic heterocycles. The molecule has 0 heterocycles. The van der Waals surface area contributed by atoms with Crippen LogP contribution in [0.2, 0.25) is 0 Å². The van der Waals surface area contributed by atoms with Gasteiger partial charge in [0, 0.05) is 19.7 Å². The molecule has 1 saturated carbocycles. The Morgan fingerprint density at radius 3 is 2.73 bits per heavy atom. The summed E-state index contributed by atoms with van der Waals surface area (Å²) in [5.74, 6) is 1.54. The predicted molar refractivity (Wildman–Crippen MR) is 63.8 cm³/mol. The van der Waals surface area contributed by atoms with Crippen molar-refractivity contribution in [2.24, 2.45) is 17.6 Å². The third-order valence-electron chi connectivity index (χ3n) is 3.26. The summed E-state index contributed by atoms with van der Waals surface area (Å²) in [6, 6.07) is 0.407. The zero-order valence-corrected chi connectivity index (χ0v) is 10.2. The van der Waals surface area contributed by atoms with Crippen LogP contribution in [0, 0.1) is 11.8 Å². The molecule has 3 N–H and O–H groups in total. The van der Waals surface area contributed by atoms with Crippen LogP contribution in [0.4, 0.5) is 0 Å². The molecule has 0 radical (unpaired) electrons. The van der Waals surface area contributed by atoms with Crippen molar-refractivity contribution in [2.75, 3.05) is 26.8 Å². The van der Waals surface area contributed by atoms with Gasteiger partial charge in [0.1, 0.15) is 0 Å². The average molecular weight is 214 g/mol. The van der Waals surface area contributed by atoms with Crippen molar-refractivity contribution in [3.63, 3.8) is 0 Å². The number of rotatable bonds is 9. The molecule has 3 heteroatoms. The third-order valence-corrected chi connectivity index (χ3v) is 3.26. The Hall–Kier alpha value is -0.120. The lowest BCUT2D eigenvalue weighted by Gasteiger charge is -2.23. The van der Waals surface area contributed by atoms with Crippen molar-refractivity contribution >= 4 is 0 Å². The monoisotopic (exact) mass is 214 g/mol. The van der Waals surface area contributed by atoms with Crippen LogP contribution in [-0.4, -0.2) is 32.8 Å². The second kappa shape index (κ2) is 7.20. The zero-order chi connectivity index (χ0) is 11.1. The minimum absolute atomic E-state index is 0.407. The Balaban J connectivity index is 2.03. The van der Waals surface area contributed by atoms with E-state index in [1.807, 2.05) is 0 Å². The van der Waals surface area contributed by atoms with E-state index in [0.29, 0.717) is 18.5 Å². The summed E-state index contributed by atoms with van der Waals surface area (Å²) in [4.78, 5) is 0. The van der Waals surface area contributed by atoms with Crippen LogP contribution in [0.25, 0.3) is 0 Å². The van der Waals surface area contributed by atoms with E-state index in [4.69, 9.17) is 10.5 Å². The van der Waals surface area contributed by atoms with Gasteiger partial charge in [-0.05, 0) is 31.2 Å². The summed E-state index contributed by atoms with van der Waals surface area (Å²) < 4.78 is 5.15. The summed E-state index contributed by atoms with van der Waals surface area (Å²) in [6.07, 6.45) is 5.60. The molecular weight excluding hydrogens is 188 g/mol. The summed E-state index contributed by atoms with van der Waals surface area (Å²) >= 11 is 0. The van der Waals surface area contributed by atoms with Gasteiger partial charge in [-0.3, -0.25) is 0 Å². The maximum Gasteiger partial charge on any atom is 0.0503 e. The summed E-state index contributed by atoms with van der Waals surface area (Å²) in [5, 5.41) is 3.53. The Bertz CT molecular complexity index is 160. The van der Waals surface area contributed by atoms with Crippen molar-refractivity contribution in [2.45, 2.75) is 38.6 Å². The second-order valence-corrected chi connectivity index (χ2v) is 4.81. The molecule has 2 atom stereocenters. The van der Waals surface area contributed by atoms with Gasteiger partial charge in [0.25, 0.3) is 0 Å². The highest BCUT2D eigenvalue weighted by Gasteiger charge is 2.20. The van der Waals surface area contributed by atoms with E-state index in [-0.39, 0.29) is 0 Å². The number of nitrogens with one attached hydrogen (secondary N) is 1. The SMILES string of the molecule is COCC(C)C(CN)NCCCC1CC1. The molecule has 0 aromatic carbocycles. The van der Waals surface area contributed by atoms with Gasteiger partial charge in [0.15, 0.2) is 0 Å².